The van der Waals surface area contributed by atoms with Crippen molar-refractivity contribution in [3.63, 3.8) is 0 Å². The number of benzene rings is 2. The Morgan fingerprint density at radius 3 is 2.57 bits per heavy atom. The number of carbonyl (C=O) groups is 1. The third-order valence-electron chi connectivity index (χ3n) is 3.47. The number of carbonyl (C=O) groups excluding carboxylic acids is 1. The lowest BCUT2D eigenvalue weighted by Gasteiger charge is -2.03. The average molecular weight is 370 g/mol. The Morgan fingerprint density at radius 2 is 1.83 bits per heavy atom. The first kappa shape index (κ1) is 15.5. The van der Waals surface area contributed by atoms with Crippen molar-refractivity contribution in [3.05, 3.63) is 82.6 Å². The molecule has 1 aromatic heterocycles. The monoisotopic (exact) mass is 369 g/mol. The third-order valence-corrected chi connectivity index (χ3v) is 4.00. The summed E-state index contributed by atoms with van der Waals surface area (Å²) >= 11 is 3.36. The van der Waals surface area contributed by atoms with Gasteiger partial charge in [-0.05, 0) is 36.2 Å². The summed E-state index contributed by atoms with van der Waals surface area (Å²) in [4.78, 5) is 12.2. The Morgan fingerprint density at radius 1 is 1.09 bits per heavy atom. The molecule has 0 atom stereocenters. The third kappa shape index (κ3) is 4.29. The van der Waals surface area contributed by atoms with Crippen LogP contribution in [0.15, 0.2) is 71.5 Å². The van der Waals surface area contributed by atoms with Gasteiger partial charge < -0.3 is 5.32 Å². The summed E-state index contributed by atoms with van der Waals surface area (Å²) in [6.07, 6.45) is 4.42. The van der Waals surface area contributed by atoms with Gasteiger partial charge in [0, 0.05) is 22.8 Å². The summed E-state index contributed by atoms with van der Waals surface area (Å²) in [6.45, 7) is 0.776. The Bertz CT molecular complexity index is 782. The summed E-state index contributed by atoms with van der Waals surface area (Å²) in [7, 11) is 0. The molecular weight excluding hydrogens is 354 g/mol. The zero-order valence-corrected chi connectivity index (χ0v) is 14.0. The zero-order chi connectivity index (χ0) is 16.1. The van der Waals surface area contributed by atoms with E-state index in [1.54, 1.807) is 18.3 Å². The fourth-order valence-corrected chi connectivity index (χ4v) is 2.51. The number of nitrogens with zero attached hydrogens (tertiary/aromatic N) is 2. The molecule has 23 heavy (non-hydrogen) atoms. The number of anilines is 1. The smallest absolute Gasteiger partial charge is 0.255 e. The summed E-state index contributed by atoms with van der Waals surface area (Å²) in [5, 5.41) is 7.15. The number of rotatable bonds is 5. The summed E-state index contributed by atoms with van der Waals surface area (Å²) < 4.78 is 2.78. The van der Waals surface area contributed by atoms with Crippen LogP contribution in [-0.2, 0) is 13.0 Å². The highest BCUT2D eigenvalue weighted by molar-refractivity contribution is 9.10. The molecule has 0 saturated carbocycles. The predicted molar refractivity (Wildman–Crippen MR) is 94.5 cm³/mol. The first-order valence-electron chi connectivity index (χ1n) is 7.34. The molecule has 0 saturated heterocycles. The highest BCUT2D eigenvalue weighted by Gasteiger charge is 2.07. The molecule has 3 aromatic rings. The second-order valence-corrected chi connectivity index (χ2v) is 6.10. The van der Waals surface area contributed by atoms with Crippen LogP contribution in [0.25, 0.3) is 0 Å². The minimum absolute atomic E-state index is 0.139. The lowest BCUT2D eigenvalue weighted by atomic mass is 10.1. The molecule has 0 aliphatic rings. The van der Waals surface area contributed by atoms with Crippen LogP contribution >= 0.6 is 15.9 Å². The van der Waals surface area contributed by atoms with E-state index < -0.39 is 0 Å². The molecule has 0 aliphatic heterocycles. The van der Waals surface area contributed by atoms with Crippen molar-refractivity contribution in [2.75, 3.05) is 5.32 Å². The van der Waals surface area contributed by atoms with Gasteiger partial charge in [0.05, 0.1) is 11.9 Å². The molecule has 116 valence electrons. The number of nitrogens with one attached hydrogen (secondary N) is 1. The van der Waals surface area contributed by atoms with Crippen LogP contribution in [0, 0.1) is 0 Å². The highest BCUT2D eigenvalue weighted by Crippen LogP contribution is 2.13. The van der Waals surface area contributed by atoms with E-state index >= 15 is 0 Å². The van der Waals surface area contributed by atoms with Crippen LogP contribution < -0.4 is 5.32 Å². The van der Waals surface area contributed by atoms with Crippen molar-refractivity contribution in [1.29, 1.82) is 0 Å². The summed E-state index contributed by atoms with van der Waals surface area (Å²) in [6, 6.07) is 17.5. The topological polar surface area (TPSA) is 46.9 Å². The van der Waals surface area contributed by atoms with Crippen LogP contribution in [-0.4, -0.2) is 15.7 Å². The standard InChI is InChI=1S/C18H16BrN3O/c19-16-8-6-15(7-9-16)18(23)21-17-12-20-22(13-17)11-10-14-4-2-1-3-5-14/h1-9,12-13H,10-11H2,(H,21,23). The first-order chi connectivity index (χ1) is 11.2. The van der Waals surface area contributed by atoms with E-state index in [0.29, 0.717) is 11.3 Å². The molecule has 1 heterocycles. The van der Waals surface area contributed by atoms with Gasteiger partial charge >= 0.3 is 0 Å². The maximum atomic E-state index is 12.2. The second kappa shape index (κ2) is 7.24. The van der Waals surface area contributed by atoms with Crippen LogP contribution in [0.1, 0.15) is 15.9 Å². The van der Waals surface area contributed by atoms with Crippen molar-refractivity contribution in [1.82, 2.24) is 9.78 Å². The van der Waals surface area contributed by atoms with Gasteiger partial charge in [-0.3, -0.25) is 9.48 Å². The van der Waals surface area contributed by atoms with Crippen molar-refractivity contribution >= 4 is 27.5 Å². The van der Waals surface area contributed by atoms with Gasteiger partial charge in [0.15, 0.2) is 0 Å². The maximum Gasteiger partial charge on any atom is 0.255 e. The maximum absolute atomic E-state index is 12.2. The molecule has 3 rings (SSSR count). The Balaban J connectivity index is 1.58. The molecule has 0 radical (unpaired) electrons. The molecule has 4 nitrogen and oxygen atoms in total. The van der Waals surface area contributed by atoms with E-state index in [1.165, 1.54) is 5.56 Å². The van der Waals surface area contributed by atoms with Crippen LogP contribution in [0.4, 0.5) is 5.69 Å². The van der Waals surface area contributed by atoms with E-state index in [-0.39, 0.29) is 5.91 Å². The SMILES string of the molecule is O=C(Nc1cnn(CCc2ccccc2)c1)c1ccc(Br)cc1. The number of aromatic nitrogens is 2. The molecule has 0 spiro atoms. The van der Waals surface area contributed by atoms with E-state index in [9.17, 15) is 4.79 Å². The van der Waals surface area contributed by atoms with Gasteiger partial charge in [0.1, 0.15) is 0 Å². The zero-order valence-electron chi connectivity index (χ0n) is 12.4. The van der Waals surface area contributed by atoms with E-state index in [0.717, 1.165) is 17.4 Å². The molecule has 0 unspecified atom stereocenters. The normalized spacial score (nSPS) is 10.5. The Labute approximate surface area is 143 Å². The van der Waals surface area contributed by atoms with Crippen molar-refractivity contribution in [3.8, 4) is 0 Å². The van der Waals surface area contributed by atoms with Crippen molar-refractivity contribution in [2.45, 2.75) is 13.0 Å². The molecule has 5 heteroatoms. The van der Waals surface area contributed by atoms with E-state index in [1.807, 2.05) is 41.2 Å². The van der Waals surface area contributed by atoms with Gasteiger partial charge in [-0.1, -0.05) is 46.3 Å². The minimum Gasteiger partial charge on any atom is -0.319 e. The largest absolute Gasteiger partial charge is 0.319 e. The number of hydrogen-bond acceptors (Lipinski definition) is 2. The van der Waals surface area contributed by atoms with Crippen LogP contribution in [0.2, 0.25) is 0 Å². The average Bonchev–Trinajstić information content (AvgIpc) is 3.02. The first-order valence-corrected chi connectivity index (χ1v) is 8.13. The minimum atomic E-state index is -0.139. The van der Waals surface area contributed by atoms with Crippen LogP contribution in [0.5, 0.6) is 0 Å². The van der Waals surface area contributed by atoms with Crippen LogP contribution in [0.3, 0.4) is 0 Å². The fourth-order valence-electron chi connectivity index (χ4n) is 2.24. The lowest BCUT2D eigenvalue weighted by molar-refractivity contribution is 0.102. The molecule has 0 fully saturated rings. The fraction of sp³-hybridized carbons (Fsp3) is 0.111. The molecule has 2 aromatic carbocycles. The predicted octanol–water partition coefficient (Wildman–Crippen LogP) is 4.14. The van der Waals surface area contributed by atoms with Crippen molar-refractivity contribution in [2.24, 2.45) is 0 Å². The highest BCUT2D eigenvalue weighted by atomic mass is 79.9. The lowest BCUT2D eigenvalue weighted by Crippen LogP contribution is -2.11. The molecule has 1 amide bonds. The molecular formula is C18H16BrN3O. The second-order valence-electron chi connectivity index (χ2n) is 5.19. The Hall–Kier alpha value is -2.40. The van der Waals surface area contributed by atoms with E-state index in [2.05, 4.69) is 38.5 Å². The molecule has 0 aliphatic carbocycles. The van der Waals surface area contributed by atoms with Gasteiger partial charge in [0.2, 0.25) is 0 Å². The quantitative estimate of drug-likeness (QED) is 0.734. The van der Waals surface area contributed by atoms with E-state index in [4.69, 9.17) is 0 Å². The van der Waals surface area contributed by atoms with Gasteiger partial charge in [-0.2, -0.15) is 5.10 Å². The number of aryl methyl sites for hydroxylation is 2. The number of amides is 1. The number of halogens is 1. The molecule has 0 bridgehead atoms. The Kier molecular flexibility index (Phi) is 4.88. The summed E-state index contributed by atoms with van der Waals surface area (Å²) in [5.41, 5.74) is 2.58. The molecule has 1 N–H and O–H groups in total. The van der Waals surface area contributed by atoms with Gasteiger partial charge in [-0.15, -0.1) is 0 Å². The van der Waals surface area contributed by atoms with Gasteiger partial charge in [0.25, 0.3) is 5.91 Å². The summed E-state index contributed by atoms with van der Waals surface area (Å²) in [5.74, 6) is -0.139. The van der Waals surface area contributed by atoms with Gasteiger partial charge in [-0.25, -0.2) is 0 Å². The van der Waals surface area contributed by atoms with Crippen molar-refractivity contribution < 1.29 is 4.79 Å². The number of hydrogen-bond donors (Lipinski definition) is 1.